The molecule has 2 heterocycles. The van der Waals surface area contributed by atoms with E-state index in [0.29, 0.717) is 10.6 Å². The maximum absolute atomic E-state index is 12.0. The smallest absolute Gasteiger partial charge is 0.286 e. The number of amidine groups is 1. The summed E-state index contributed by atoms with van der Waals surface area (Å²) in [6.07, 6.45) is 5.46. The first-order chi connectivity index (χ1) is 9.74. The monoisotopic (exact) mass is 287 g/mol. The second-order valence-electron chi connectivity index (χ2n) is 4.99. The lowest BCUT2D eigenvalue weighted by atomic mass is 10.1. The summed E-state index contributed by atoms with van der Waals surface area (Å²) in [5, 5.41) is 0.843. The van der Waals surface area contributed by atoms with E-state index >= 15 is 0 Å². The Bertz CT molecular complexity index is 589. The summed E-state index contributed by atoms with van der Waals surface area (Å²) in [5.74, 6) is -0.154. The van der Waals surface area contributed by atoms with Gasteiger partial charge in [0, 0.05) is 18.8 Å². The number of nitrogens with zero attached hydrogens (tertiary/aromatic N) is 2. The number of aliphatic imine (C=N–C) groups is 1. The van der Waals surface area contributed by atoms with Gasteiger partial charge < -0.3 is 10.6 Å². The van der Waals surface area contributed by atoms with Crippen LogP contribution >= 0.6 is 11.8 Å². The number of amides is 1. The number of hydrogen-bond acceptors (Lipinski definition) is 4. The average molecular weight is 287 g/mol. The molecule has 0 radical (unpaired) electrons. The summed E-state index contributed by atoms with van der Waals surface area (Å²) in [7, 11) is 0. The summed E-state index contributed by atoms with van der Waals surface area (Å²) < 4.78 is 0. The molecule has 3 rings (SSSR count). The summed E-state index contributed by atoms with van der Waals surface area (Å²) in [4.78, 5) is 19.0. The van der Waals surface area contributed by atoms with Crippen molar-refractivity contribution in [3.05, 3.63) is 34.7 Å². The van der Waals surface area contributed by atoms with Gasteiger partial charge in [0.25, 0.3) is 5.91 Å². The van der Waals surface area contributed by atoms with Crippen LogP contribution < -0.4 is 5.73 Å². The minimum Gasteiger partial charge on any atom is -0.398 e. The van der Waals surface area contributed by atoms with Crippen LogP contribution in [0.3, 0.4) is 0 Å². The molecular weight excluding hydrogens is 270 g/mol. The van der Waals surface area contributed by atoms with Crippen molar-refractivity contribution in [1.29, 1.82) is 0 Å². The Morgan fingerprint density at radius 3 is 2.70 bits per heavy atom. The zero-order valence-electron chi connectivity index (χ0n) is 11.2. The van der Waals surface area contributed by atoms with Crippen molar-refractivity contribution in [1.82, 2.24) is 4.90 Å². The molecule has 0 unspecified atom stereocenters. The Morgan fingerprint density at radius 2 is 1.95 bits per heavy atom. The zero-order chi connectivity index (χ0) is 13.9. The maximum Gasteiger partial charge on any atom is 0.286 e. The topological polar surface area (TPSA) is 58.7 Å². The number of nitrogens with two attached hydrogens (primary N) is 1. The number of rotatable bonds is 1. The van der Waals surface area contributed by atoms with E-state index in [2.05, 4.69) is 9.89 Å². The number of hydrogen-bond donors (Lipinski definition) is 1. The number of benzene rings is 1. The van der Waals surface area contributed by atoms with Gasteiger partial charge in [0.2, 0.25) is 0 Å². The Morgan fingerprint density at radius 1 is 1.20 bits per heavy atom. The third-order valence-electron chi connectivity index (χ3n) is 3.52. The quantitative estimate of drug-likeness (QED) is 0.637. The summed E-state index contributed by atoms with van der Waals surface area (Å²) in [5.41, 5.74) is 7.46. The van der Waals surface area contributed by atoms with Gasteiger partial charge in [-0.2, -0.15) is 4.99 Å². The highest BCUT2D eigenvalue weighted by molar-refractivity contribution is 8.18. The molecule has 5 heteroatoms. The highest BCUT2D eigenvalue weighted by Crippen LogP contribution is 2.32. The van der Waals surface area contributed by atoms with Crippen LogP contribution in [0.1, 0.15) is 24.8 Å². The molecule has 0 saturated carbocycles. The molecule has 1 fully saturated rings. The third kappa shape index (κ3) is 2.72. The standard InChI is InChI=1S/C15H17N3OS/c16-12-7-3-2-6-11(12)10-13-14(19)17-15(20-13)18-8-4-1-5-9-18/h2-3,6-7,10H,1,4-5,8-9,16H2/b13-10-. The zero-order valence-corrected chi connectivity index (χ0v) is 12.0. The third-order valence-corrected chi connectivity index (χ3v) is 4.56. The Hall–Kier alpha value is -1.75. The molecule has 2 aliphatic heterocycles. The molecule has 0 aliphatic carbocycles. The van der Waals surface area contributed by atoms with Crippen LogP contribution in [-0.2, 0) is 4.79 Å². The maximum atomic E-state index is 12.0. The van der Waals surface area contributed by atoms with Crippen molar-refractivity contribution >= 4 is 34.6 Å². The van der Waals surface area contributed by atoms with Gasteiger partial charge >= 0.3 is 0 Å². The molecule has 1 saturated heterocycles. The number of para-hydroxylation sites is 1. The molecule has 1 aromatic carbocycles. The number of carbonyl (C=O) groups excluding carboxylic acids is 1. The van der Waals surface area contributed by atoms with Crippen molar-refractivity contribution in [2.45, 2.75) is 19.3 Å². The van der Waals surface area contributed by atoms with E-state index in [4.69, 9.17) is 5.73 Å². The summed E-state index contributed by atoms with van der Waals surface area (Å²) in [6.45, 7) is 2.00. The second kappa shape index (κ2) is 5.71. The van der Waals surface area contributed by atoms with Crippen molar-refractivity contribution < 1.29 is 4.79 Å². The molecule has 2 aliphatic rings. The molecule has 0 atom stereocenters. The van der Waals surface area contributed by atoms with E-state index in [9.17, 15) is 4.79 Å². The first-order valence-electron chi connectivity index (χ1n) is 6.86. The molecule has 4 nitrogen and oxygen atoms in total. The molecule has 20 heavy (non-hydrogen) atoms. The van der Waals surface area contributed by atoms with Crippen LogP contribution in [0, 0.1) is 0 Å². The van der Waals surface area contributed by atoms with Crippen molar-refractivity contribution in [3.8, 4) is 0 Å². The summed E-state index contributed by atoms with van der Waals surface area (Å²) >= 11 is 1.46. The van der Waals surface area contributed by atoms with Crippen LogP contribution in [0.2, 0.25) is 0 Å². The lowest BCUT2D eigenvalue weighted by molar-refractivity contribution is -0.113. The van der Waals surface area contributed by atoms with Gasteiger partial charge in [0.15, 0.2) is 5.17 Å². The van der Waals surface area contributed by atoms with E-state index in [-0.39, 0.29) is 5.91 Å². The van der Waals surface area contributed by atoms with E-state index in [1.165, 1.54) is 31.0 Å². The van der Waals surface area contributed by atoms with Crippen LogP contribution in [0.4, 0.5) is 5.69 Å². The van der Waals surface area contributed by atoms with Gasteiger partial charge in [-0.15, -0.1) is 0 Å². The van der Waals surface area contributed by atoms with Crippen molar-refractivity contribution in [2.24, 2.45) is 4.99 Å². The van der Waals surface area contributed by atoms with Gasteiger partial charge in [0.1, 0.15) is 0 Å². The van der Waals surface area contributed by atoms with Gasteiger partial charge in [-0.05, 0) is 48.7 Å². The predicted octanol–water partition coefficient (Wildman–Crippen LogP) is 2.73. The van der Waals surface area contributed by atoms with Crippen LogP contribution in [-0.4, -0.2) is 29.1 Å². The number of piperidine rings is 1. The fourth-order valence-electron chi connectivity index (χ4n) is 2.40. The largest absolute Gasteiger partial charge is 0.398 e. The fraction of sp³-hybridized carbons (Fsp3) is 0.333. The second-order valence-corrected chi connectivity index (χ2v) is 6.00. The molecule has 2 N–H and O–H groups in total. The Labute approximate surface area is 122 Å². The number of thioether (sulfide) groups is 1. The SMILES string of the molecule is Nc1ccccc1/C=C1\SC(N2CCCCC2)=NC1=O. The normalized spacial score (nSPS) is 21.4. The first kappa shape index (κ1) is 13.2. The van der Waals surface area contributed by atoms with E-state index < -0.39 is 0 Å². The molecule has 0 aromatic heterocycles. The lowest BCUT2D eigenvalue weighted by Gasteiger charge is -2.27. The average Bonchev–Trinajstić information content (AvgIpc) is 2.84. The van der Waals surface area contributed by atoms with E-state index in [1.807, 2.05) is 30.3 Å². The minimum atomic E-state index is -0.154. The molecule has 1 aromatic rings. The van der Waals surface area contributed by atoms with Gasteiger partial charge in [-0.1, -0.05) is 18.2 Å². The number of likely N-dealkylation sites (tertiary alicyclic amines) is 1. The number of anilines is 1. The number of nitrogen functional groups attached to an aromatic ring is 1. The van der Waals surface area contributed by atoms with Gasteiger partial charge in [-0.3, -0.25) is 4.79 Å². The summed E-state index contributed by atoms with van der Waals surface area (Å²) in [6, 6.07) is 7.55. The molecule has 104 valence electrons. The van der Waals surface area contributed by atoms with Crippen LogP contribution in [0.5, 0.6) is 0 Å². The molecule has 0 bridgehead atoms. The lowest BCUT2D eigenvalue weighted by Crippen LogP contribution is -2.33. The highest BCUT2D eigenvalue weighted by Gasteiger charge is 2.26. The minimum absolute atomic E-state index is 0.154. The van der Waals surface area contributed by atoms with Crippen molar-refractivity contribution in [2.75, 3.05) is 18.8 Å². The van der Waals surface area contributed by atoms with E-state index in [1.54, 1.807) is 0 Å². The molecule has 1 amide bonds. The predicted molar refractivity (Wildman–Crippen MR) is 84.3 cm³/mol. The van der Waals surface area contributed by atoms with Gasteiger partial charge in [-0.25, -0.2) is 0 Å². The Balaban J connectivity index is 1.78. The number of carbonyl (C=O) groups is 1. The highest BCUT2D eigenvalue weighted by atomic mass is 32.2. The first-order valence-corrected chi connectivity index (χ1v) is 7.68. The van der Waals surface area contributed by atoms with Crippen molar-refractivity contribution in [3.63, 3.8) is 0 Å². The van der Waals surface area contributed by atoms with E-state index in [0.717, 1.165) is 23.8 Å². The Kier molecular flexibility index (Phi) is 3.78. The molecular formula is C15H17N3OS. The fourth-order valence-corrected chi connectivity index (χ4v) is 3.36. The van der Waals surface area contributed by atoms with Gasteiger partial charge in [0.05, 0.1) is 4.91 Å². The van der Waals surface area contributed by atoms with Crippen LogP contribution in [0.25, 0.3) is 6.08 Å². The van der Waals surface area contributed by atoms with Crippen LogP contribution in [0.15, 0.2) is 34.2 Å². The molecule has 0 spiro atoms.